The van der Waals surface area contributed by atoms with Crippen molar-refractivity contribution in [2.75, 3.05) is 6.54 Å². The van der Waals surface area contributed by atoms with Crippen LogP contribution in [-0.2, 0) is 0 Å². The Morgan fingerprint density at radius 3 is 2.65 bits per heavy atom. The third kappa shape index (κ3) is 3.86. The summed E-state index contributed by atoms with van der Waals surface area (Å²) in [4.78, 5) is 12.1. The molecule has 94 valence electrons. The highest BCUT2D eigenvalue weighted by Gasteiger charge is 2.17. The number of ether oxygens (including phenoxy) is 1. The zero-order valence-corrected chi connectivity index (χ0v) is 10.8. The van der Waals surface area contributed by atoms with Crippen LogP contribution in [-0.4, -0.2) is 18.4 Å². The second-order valence-corrected chi connectivity index (χ2v) is 4.40. The predicted molar refractivity (Wildman–Crippen MR) is 69.4 cm³/mol. The van der Waals surface area contributed by atoms with Crippen LogP contribution in [0, 0.1) is 5.92 Å². The Bertz CT molecular complexity index is 370. The second-order valence-electron chi connectivity index (χ2n) is 4.40. The molecule has 1 atom stereocenters. The van der Waals surface area contributed by atoms with Crippen LogP contribution in [0.1, 0.15) is 37.6 Å². The summed E-state index contributed by atoms with van der Waals surface area (Å²) in [5.74, 6) is 0.742. The van der Waals surface area contributed by atoms with Crippen molar-refractivity contribution < 1.29 is 9.53 Å². The zero-order chi connectivity index (χ0) is 12.8. The summed E-state index contributed by atoms with van der Waals surface area (Å²) in [6, 6.07) is 7.31. The molecule has 1 aromatic rings. The maximum atomic E-state index is 12.1. The van der Waals surface area contributed by atoms with Crippen molar-refractivity contribution in [1.29, 1.82) is 0 Å². The van der Waals surface area contributed by atoms with Crippen LogP contribution in [0.5, 0.6) is 5.75 Å². The normalized spacial score (nSPS) is 12.5. The average Bonchev–Trinajstić information content (AvgIpc) is 2.30. The highest BCUT2D eigenvalue weighted by atomic mass is 16.5. The molecule has 0 aliphatic carbocycles. The predicted octanol–water partition coefficient (Wildman–Crippen LogP) is 2.64. The first kappa shape index (κ1) is 13.7. The summed E-state index contributed by atoms with van der Waals surface area (Å²) in [6.45, 7) is 6.29. The van der Waals surface area contributed by atoms with Crippen molar-refractivity contribution in [2.45, 2.75) is 33.3 Å². The first-order valence-electron chi connectivity index (χ1n) is 6.09. The van der Waals surface area contributed by atoms with Crippen molar-refractivity contribution in [1.82, 2.24) is 0 Å². The van der Waals surface area contributed by atoms with Gasteiger partial charge in [-0.15, -0.1) is 0 Å². The van der Waals surface area contributed by atoms with Crippen LogP contribution in [0.3, 0.4) is 0 Å². The smallest absolute Gasteiger partial charge is 0.167 e. The molecule has 0 spiro atoms. The molecule has 1 unspecified atom stereocenters. The van der Waals surface area contributed by atoms with Gasteiger partial charge in [0, 0.05) is 18.0 Å². The molecule has 2 N–H and O–H groups in total. The van der Waals surface area contributed by atoms with Gasteiger partial charge in [-0.25, -0.2) is 0 Å². The van der Waals surface area contributed by atoms with Gasteiger partial charge >= 0.3 is 0 Å². The maximum Gasteiger partial charge on any atom is 0.167 e. The zero-order valence-electron chi connectivity index (χ0n) is 10.8. The molecule has 17 heavy (non-hydrogen) atoms. The fraction of sp³-hybridized carbons (Fsp3) is 0.500. The highest BCUT2D eigenvalue weighted by molar-refractivity contribution is 5.98. The van der Waals surface area contributed by atoms with Crippen molar-refractivity contribution in [3.63, 3.8) is 0 Å². The fourth-order valence-electron chi connectivity index (χ4n) is 1.69. The number of nitrogens with two attached hydrogens (primary N) is 1. The summed E-state index contributed by atoms with van der Waals surface area (Å²) in [7, 11) is 0. The number of hydrogen-bond acceptors (Lipinski definition) is 3. The summed E-state index contributed by atoms with van der Waals surface area (Å²) in [5.41, 5.74) is 6.27. The quantitative estimate of drug-likeness (QED) is 0.771. The van der Waals surface area contributed by atoms with Gasteiger partial charge in [-0.05, 0) is 32.4 Å². The van der Waals surface area contributed by atoms with E-state index in [-0.39, 0.29) is 17.8 Å². The van der Waals surface area contributed by atoms with Crippen molar-refractivity contribution in [3.05, 3.63) is 29.8 Å². The fourth-order valence-corrected chi connectivity index (χ4v) is 1.69. The van der Waals surface area contributed by atoms with Gasteiger partial charge in [-0.3, -0.25) is 4.79 Å². The molecule has 0 saturated carbocycles. The minimum Gasteiger partial charge on any atom is -0.491 e. The van der Waals surface area contributed by atoms with Gasteiger partial charge in [0.1, 0.15) is 5.75 Å². The van der Waals surface area contributed by atoms with Crippen LogP contribution >= 0.6 is 0 Å². The molecule has 0 heterocycles. The lowest BCUT2D eigenvalue weighted by molar-refractivity contribution is 0.0920. The lowest BCUT2D eigenvalue weighted by Gasteiger charge is -2.13. The topological polar surface area (TPSA) is 52.3 Å². The molecule has 3 nitrogen and oxygen atoms in total. The monoisotopic (exact) mass is 235 g/mol. The van der Waals surface area contributed by atoms with Gasteiger partial charge in [-0.1, -0.05) is 19.1 Å². The van der Waals surface area contributed by atoms with Gasteiger partial charge < -0.3 is 10.5 Å². The summed E-state index contributed by atoms with van der Waals surface area (Å²) < 4.78 is 5.57. The molecular formula is C14H21NO2. The number of rotatable bonds is 6. The van der Waals surface area contributed by atoms with E-state index < -0.39 is 0 Å². The summed E-state index contributed by atoms with van der Waals surface area (Å²) in [5, 5.41) is 0. The van der Waals surface area contributed by atoms with E-state index >= 15 is 0 Å². The van der Waals surface area contributed by atoms with E-state index in [1.807, 2.05) is 39.0 Å². The largest absolute Gasteiger partial charge is 0.491 e. The van der Waals surface area contributed by atoms with E-state index in [1.54, 1.807) is 6.07 Å². The first-order valence-corrected chi connectivity index (χ1v) is 6.09. The van der Waals surface area contributed by atoms with Crippen molar-refractivity contribution in [3.8, 4) is 5.75 Å². The van der Waals surface area contributed by atoms with Gasteiger partial charge in [0.15, 0.2) is 5.78 Å². The number of carbonyl (C=O) groups excluding carboxylic acids is 1. The van der Waals surface area contributed by atoms with E-state index in [9.17, 15) is 4.79 Å². The molecule has 0 aliphatic heterocycles. The Morgan fingerprint density at radius 2 is 2.12 bits per heavy atom. The average molecular weight is 235 g/mol. The van der Waals surface area contributed by atoms with E-state index in [1.165, 1.54) is 0 Å². The maximum absolute atomic E-state index is 12.1. The number of ketones is 1. The number of Topliss-reactive ketones (excluding diaryl/α,β-unsaturated/α-hetero) is 1. The third-order valence-electron chi connectivity index (χ3n) is 2.64. The minimum absolute atomic E-state index is 0.0932. The van der Waals surface area contributed by atoms with Crippen LogP contribution in [0.15, 0.2) is 24.3 Å². The lowest BCUT2D eigenvalue weighted by atomic mass is 9.95. The molecule has 0 bridgehead atoms. The van der Waals surface area contributed by atoms with Crippen LogP contribution in [0.25, 0.3) is 0 Å². The SMILES string of the molecule is CCC(CN)C(=O)c1cccc(OC(C)C)c1. The van der Waals surface area contributed by atoms with Gasteiger partial charge in [0.2, 0.25) is 0 Å². The molecule has 0 aromatic heterocycles. The van der Waals surface area contributed by atoms with Crippen LogP contribution < -0.4 is 10.5 Å². The molecule has 1 rings (SSSR count). The highest BCUT2D eigenvalue weighted by Crippen LogP contribution is 2.18. The van der Waals surface area contributed by atoms with E-state index in [0.717, 1.165) is 12.2 Å². The molecule has 3 heteroatoms. The van der Waals surface area contributed by atoms with Crippen molar-refractivity contribution in [2.24, 2.45) is 11.7 Å². The first-order chi connectivity index (χ1) is 8.08. The molecule has 0 aliphatic rings. The molecule has 0 saturated heterocycles. The standard InChI is InChI=1S/C14H21NO2/c1-4-11(9-15)14(16)12-6-5-7-13(8-12)17-10(2)3/h5-8,10-11H,4,9,15H2,1-3H3. The summed E-state index contributed by atoms with van der Waals surface area (Å²) >= 11 is 0. The summed E-state index contributed by atoms with van der Waals surface area (Å²) in [6.07, 6.45) is 0.877. The third-order valence-corrected chi connectivity index (χ3v) is 2.64. The lowest BCUT2D eigenvalue weighted by Crippen LogP contribution is -2.23. The molecule has 0 fully saturated rings. The second kappa shape index (κ2) is 6.40. The Balaban J connectivity index is 2.87. The Kier molecular flexibility index (Phi) is 5.16. The Labute approximate surface area is 103 Å². The van der Waals surface area contributed by atoms with E-state index in [2.05, 4.69) is 0 Å². The Hall–Kier alpha value is -1.35. The molecule has 0 amide bonds. The van der Waals surface area contributed by atoms with E-state index in [0.29, 0.717) is 12.1 Å². The van der Waals surface area contributed by atoms with E-state index in [4.69, 9.17) is 10.5 Å². The number of carbonyl (C=O) groups is 1. The Morgan fingerprint density at radius 1 is 1.41 bits per heavy atom. The van der Waals surface area contributed by atoms with Gasteiger partial charge in [0.25, 0.3) is 0 Å². The number of benzene rings is 1. The number of hydrogen-bond donors (Lipinski definition) is 1. The van der Waals surface area contributed by atoms with Crippen molar-refractivity contribution >= 4 is 5.78 Å². The minimum atomic E-state index is -0.0932. The van der Waals surface area contributed by atoms with Crippen LogP contribution in [0.4, 0.5) is 0 Å². The van der Waals surface area contributed by atoms with Gasteiger partial charge in [0.05, 0.1) is 6.10 Å². The molecule has 1 aromatic carbocycles. The van der Waals surface area contributed by atoms with Gasteiger partial charge in [-0.2, -0.15) is 0 Å². The molecular weight excluding hydrogens is 214 g/mol. The van der Waals surface area contributed by atoms with Crippen LogP contribution in [0.2, 0.25) is 0 Å². The molecule has 0 radical (unpaired) electrons.